The summed E-state index contributed by atoms with van der Waals surface area (Å²) in [6, 6.07) is 1.50. The van der Waals surface area contributed by atoms with E-state index in [9.17, 15) is 9.59 Å². The van der Waals surface area contributed by atoms with E-state index < -0.39 is 11.9 Å². The number of carbonyl (C=O) groups excluding carboxylic acids is 2. The second-order valence-corrected chi connectivity index (χ2v) is 6.30. The number of rotatable bonds is 4. The van der Waals surface area contributed by atoms with Gasteiger partial charge in [-0.15, -0.1) is 16.8 Å². The lowest BCUT2D eigenvalue weighted by Gasteiger charge is -2.18. The van der Waals surface area contributed by atoms with Gasteiger partial charge in [0, 0.05) is 10.4 Å². The summed E-state index contributed by atoms with van der Waals surface area (Å²) in [7, 11) is 0. The third-order valence-corrected chi connectivity index (χ3v) is 3.09. The fourth-order valence-corrected chi connectivity index (χ4v) is 2.13. The van der Waals surface area contributed by atoms with E-state index in [0.29, 0.717) is 17.0 Å². The molecule has 0 fully saturated rings. The number of ether oxygens (including phenoxy) is 1. The van der Waals surface area contributed by atoms with Crippen LogP contribution in [0.15, 0.2) is 6.07 Å². The van der Waals surface area contributed by atoms with E-state index in [2.05, 4.69) is 5.48 Å². The normalized spacial score (nSPS) is 11.2. The second kappa shape index (κ2) is 6.16. The Bertz CT molecular complexity index is 473. The lowest BCUT2D eigenvalue weighted by molar-refractivity contribution is 0.00520. The molecule has 106 valence electrons. The smallest absolute Gasteiger partial charge is 0.367 e. The van der Waals surface area contributed by atoms with Crippen molar-refractivity contribution < 1.29 is 19.2 Å². The number of aryl methyl sites for hydroxylation is 1. The lowest BCUT2D eigenvalue weighted by atomic mass is 10.1. The number of hydrogen-bond acceptors (Lipinski definition) is 6. The van der Waals surface area contributed by atoms with Crippen molar-refractivity contribution in [1.82, 2.24) is 5.48 Å². The van der Waals surface area contributed by atoms with Crippen molar-refractivity contribution in [2.45, 2.75) is 40.2 Å². The quantitative estimate of drug-likeness (QED) is 0.680. The Hall–Kier alpha value is -1.40. The van der Waals surface area contributed by atoms with Crippen LogP contribution in [-0.4, -0.2) is 24.1 Å². The van der Waals surface area contributed by atoms with Gasteiger partial charge in [-0.1, -0.05) is 0 Å². The minimum Gasteiger partial charge on any atom is -0.462 e. The molecule has 19 heavy (non-hydrogen) atoms. The molecule has 0 radical (unpaired) electrons. The minimum atomic E-state index is -0.501. The molecule has 0 aliphatic carbocycles. The number of hydroxylamine groups is 1. The van der Waals surface area contributed by atoms with Crippen molar-refractivity contribution in [3.63, 3.8) is 0 Å². The first-order valence-corrected chi connectivity index (χ1v) is 6.82. The summed E-state index contributed by atoms with van der Waals surface area (Å²) < 4.78 is 4.92. The predicted octanol–water partition coefficient (Wildman–Crippen LogP) is 2.69. The zero-order valence-electron chi connectivity index (χ0n) is 11.8. The highest BCUT2D eigenvalue weighted by Crippen LogP contribution is 2.23. The van der Waals surface area contributed by atoms with Crippen molar-refractivity contribution in [2.24, 2.45) is 0 Å². The van der Waals surface area contributed by atoms with E-state index in [-0.39, 0.29) is 5.54 Å². The summed E-state index contributed by atoms with van der Waals surface area (Å²) in [5.74, 6) is -0.919. The van der Waals surface area contributed by atoms with E-state index in [4.69, 9.17) is 9.57 Å². The molecule has 0 aromatic carbocycles. The highest BCUT2D eigenvalue weighted by atomic mass is 32.1. The molecule has 1 aromatic heterocycles. The zero-order chi connectivity index (χ0) is 14.6. The van der Waals surface area contributed by atoms with Gasteiger partial charge in [-0.25, -0.2) is 9.59 Å². The zero-order valence-corrected chi connectivity index (χ0v) is 12.6. The van der Waals surface area contributed by atoms with Crippen molar-refractivity contribution in [2.75, 3.05) is 6.61 Å². The largest absolute Gasteiger partial charge is 0.462 e. The fraction of sp³-hybridized carbons (Fsp3) is 0.538. The number of esters is 1. The van der Waals surface area contributed by atoms with Crippen LogP contribution in [0.25, 0.3) is 0 Å². The van der Waals surface area contributed by atoms with E-state index in [1.54, 1.807) is 13.8 Å². The van der Waals surface area contributed by atoms with Crippen LogP contribution in [-0.2, 0) is 9.57 Å². The monoisotopic (exact) mass is 285 g/mol. The lowest BCUT2D eigenvalue weighted by Crippen LogP contribution is -2.37. The molecule has 1 heterocycles. The molecule has 0 spiro atoms. The highest BCUT2D eigenvalue weighted by Gasteiger charge is 2.20. The molecule has 1 aromatic rings. The van der Waals surface area contributed by atoms with Crippen LogP contribution in [0.4, 0.5) is 0 Å². The average Bonchev–Trinajstić information content (AvgIpc) is 2.67. The van der Waals surface area contributed by atoms with Gasteiger partial charge in [0.05, 0.1) is 12.2 Å². The maximum absolute atomic E-state index is 11.8. The summed E-state index contributed by atoms with van der Waals surface area (Å²) in [6.07, 6.45) is 0. The Morgan fingerprint density at radius 2 is 1.95 bits per heavy atom. The molecule has 0 amide bonds. The van der Waals surface area contributed by atoms with Crippen LogP contribution in [0, 0.1) is 6.92 Å². The molecule has 0 saturated carbocycles. The topological polar surface area (TPSA) is 64.6 Å². The van der Waals surface area contributed by atoms with E-state index in [0.717, 1.165) is 4.88 Å². The van der Waals surface area contributed by atoms with Crippen molar-refractivity contribution in [1.29, 1.82) is 0 Å². The number of hydrogen-bond donors (Lipinski definition) is 1. The Labute approximate surface area is 116 Å². The van der Waals surface area contributed by atoms with Crippen molar-refractivity contribution in [3.05, 3.63) is 21.4 Å². The van der Waals surface area contributed by atoms with E-state index in [1.165, 1.54) is 17.4 Å². The van der Waals surface area contributed by atoms with Crippen LogP contribution < -0.4 is 5.48 Å². The van der Waals surface area contributed by atoms with Gasteiger partial charge >= 0.3 is 11.9 Å². The number of thiophene rings is 1. The predicted molar refractivity (Wildman–Crippen MR) is 73.3 cm³/mol. The van der Waals surface area contributed by atoms with Gasteiger partial charge in [-0.3, -0.25) is 0 Å². The van der Waals surface area contributed by atoms with Gasteiger partial charge < -0.3 is 9.57 Å². The van der Waals surface area contributed by atoms with Gasteiger partial charge in [0.2, 0.25) is 0 Å². The summed E-state index contributed by atoms with van der Waals surface area (Å²) in [5.41, 5.74) is 2.73. The van der Waals surface area contributed by atoms with Gasteiger partial charge in [0.15, 0.2) is 0 Å². The Morgan fingerprint density at radius 1 is 1.32 bits per heavy atom. The average molecular weight is 285 g/mol. The van der Waals surface area contributed by atoms with Crippen LogP contribution in [0.3, 0.4) is 0 Å². The summed E-state index contributed by atoms with van der Waals surface area (Å²) in [4.78, 5) is 29.5. The molecule has 1 N–H and O–H groups in total. The van der Waals surface area contributed by atoms with Crippen molar-refractivity contribution in [3.8, 4) is 0 Å². The first-order chi connectivity index (χ1) is 8.74. The summed E-state index contributed by atoms with van der Waals surface area (Å²) >= 11 is 1.21. The Balaban J connectivity index is 2.77. The number of carbonyl (C=O) groups is 2. The molecular formula is C13H19NO4S. The van der Waals surface area contributed by atoms with Crippen LogP contribution in [0.1, 0.15) is 52.6 Å². The third-order valence-electron chi connectivity index (χ3n) is 2.06. The highest BCUT2D eigenvalue weighted by molar-refractivity contribution is 7.14. The van der Waals surface area contributed by atoms with Gasteiger partial charge in [-0.2, -0.15) is 0 Å². The summed E-state index contributed by atoms with van der Waals surface area (Å²) in [6.45, 7) is 9.45. The van der Waals surface area contributed by atoms with E-state index >= 15 is 0 Å². The molecule has 0 atom stereocenters. The molecule has 6 heteroatoms. The Kier molecular flexibility index (Phi) is 5.08. The van der Waals surface area contributed by atoms with E-state index in [1.807, 2.05) is 20.8 Å². The second-order valence-electron chi connectivity index (χ2n) is 5.04. The molecule has 0 unspecified atom stereocenters. The van der Waals surface area contributed by atoms with Crippen LogP contribution in [0.2, 0.25) is 0 Å². The first kappa shape index (κ1) is 15.7. The molecule has 0 aliphatic heterocycles. The van der Waals surface area contributed by atoms with Crippen molar-refractivity contribution >= 4 is 23.3 Å². The SMILES string of the molecule is CCOC(=O)c1cc(C(=O)ONC(C)(C)C)sc1C. The molecular weight excluding hydrogens is 266 g/mol. The Morgan fingerprint density at radius 3 is 2.47 bits per heavy atom. The first-order valence-electron chi connectivity index (χ1n) is 6.00. The van der Waals surface area contributed by atoms with Gasteiger partial charge in [0.1, 0.15) is 4.88 Å². The molecule has 0 aliphatic rings. The molecule has 5 nitrogen and oxygen atoms in total. The molecule has 1 rings (SSSR count). The maximum atomic E-state index is 11.8. The van der Waals surface area contributed by atoms with Crippen LogP contribution in [0.5, 0.6) is 0 Å². The van der Waals surface area contributed by atoms with Gasteiger partial charge in [-0.05, 0) is 40.7 Å². The third kappa shape index (κ3) is 4.65. The number of nitrogens with one attached hydrogen (secondary N) is 1. The fourth-order valence-electron chi connectivity index (χ4n) is 1.24. The van der Waals surface area contributed by atoms with Crippen LogP contribution >= 0.6 is 11.3 Å². The minimum absolute atomic E-state index is 0.305. The standard InChI is InChI=1S/C13H19NO4S/c1-6-17-11(15)9-7-10(19-8(9)2)12(16)18-14-13(3,4)5/h7,14H,6H2,1-5H3. The summed E-state index contributed by atoms with van der Waals surface area (Å²) in [5, 5.41) is 0. The molecule has 0 bridgehead atoms. The molecule has 0 saturated heterocycles. The maximum Gasteiger partial charge on any atom is 0.367 e. The van der Waals surface area contributed by atoms with Gasteiger partial charge in [0.25, 0.3) is 0 Å².